The molecule has 1 nitrogen and oxygen atoms in total. The SMILES string of the molecule is C1=C(c2ccccc2)[O+]=C(c2ccccc2)C[P+]1(c1ccccc1)c1ccccc1.[Br-]. The molecule has 0 aliphatic carbocycles. The van der Waals surface area contributed by atoms with Gasteiger partial charge in [0.2, 0.25) is 0 Å². The van der Waals surface area contributed by atoms with Gasteiger partial charge in [-0.05, 0) is 48.5 Å². The van der Waals surface area contributed by atoms with Gasteiger partial charge in [-0.25, -0.2) is 4.42 Å². The van der Waals surface area contributed by atoms with Crippen molar-refractivity contribution in [3.05, 3.63) is 138 Å². The Morgan fingerprint density at radius 2 is 0.935 bits per heavy atom. The van der Waals surface area contributed by atoms with Crippen LogP contribution in [0, 0.1) is 0 Å². The predicted octanol–water partition coefficient (Wildman–Crippen LogP) is 3.09. The Bertz CT molecular complexity index is 1150. The average molecular weight is 486 g/mol. The summed E-state index contributed by atoms with van der Waals surface area (Å²) in [6.07, 6.45) is 0.876. The summed E-state index contributed by atoms with van der Waals surface area (Å²) in [7, 11) is -1.86. The highest BCUT2D eigenvalue weighted by Crippen LogP contribution is 2.61. The molecule has 0 spiro atoms. The lowest BCUT2D eigenvalue weighted by molar-refractivity contribution is -0.141. The van der Waals surface area contributed by atoms with Crippen molar-refractivity contribution >= 4 is 29.4 Å². The van der Waals surface area contributed by atoms with E-state index in [0.29, 0.717) is 0 Å². The summed E-state index contributed by atoms with van der Waals surface area (Å²) in [6.45, 7) is 0. The largest absolute Gasteiger partial charge is 1.00 e. The number of hydrogen-bond acceptors (Lipinski definition) is 0. The zero-order valence-electron chi connectivity index (χ0n) is 17.1. The standard InChI is InChI=1S/C28H23OP.BrH/c1-5-13-23(14-6-1)27-21-30(25-17-9-3-10-18-25,26-19-11-4-12-20-26)22-28(29-27)24-15-7-2-8-16-24;/h1-21H,22H2;1H/q+2;/p-1. The molecule has 1 aliphatic heterocycles. The van der Waals surface area contributed by atoms with E-state index in [4.69, 9.17) is 4.42 Å². The topological polar surface area (TPSA) is 11.3 Å². The molecule has 0 fully saturated rings. The lowest BCUT2D eigenvalue weighted by Gasteiger charge is -2.23. The van der Waals surface area contributed by atoms with Crippen LogP contribution in [0.15, 0.2) is 127 Å². The maximum atomic E-state index is 6.56. The van der Waals surface area contributed by atoms with Crippen molar-refractivity contribution in [3.8, 4) is 0 Å². The van der Waals surface area contributed by atoms with Crippen LogP contribution >= 0.6 is 7.26 Å². The van der Waals surface area contributed by atoms with E-state index in [-0.39, 0.29) is 17.0 Å². The first-order valence-corrected chi connectivity index (χ1v) is 12.3. The van der Waals surface area contributed by atoms with Crippen LogP contribution in [0.4, 0.5) is 0 Å². The lowest BCUT2D eigenvalue weighted by Crippen LogP contribution is -3.00. The van der Waals surface area contributed by atoms with Crippen LogP contribution in [0.25, 0.3) is 5.76 Å². The van der Waals surface area contributed by atoms with Crippen molar-refractivity contribution in [2.45, 2.75) is 0 Å². The smallest absolute Gasteiger partial charge is 0.395 e. The number of carbonyl (C=O) groups excluding carboxylic acids is 1. The normalized spacial score (nSPS) is 14.7. The molecule has 5 rings (SSSR count). The van der Waals surface area contributed by atoms with Gasteiger partial charge in [0.05, 0.1) is 11.1 Å². The van der Waals surface area contributed by atoms with Gasteiger partial charge in [0.15, 0.2) is 12.0 Å². The summed E-state index contributed by atoms with van der Waals surface area (Å²) in [5, 5.41) is 2.75. The highest BCUT2D eigenvalue weighted by molar-refractivity contribution is 7.93. The molecule has 4 aromatic rings. The van der Waals surface area contributed by atoms with Crippen molar-refractivity contribution in [1.29, 1.82) is 0 Å². The van der Waals surface area contributed by atoms with Crippen molar-refractivity contribution < 1.29 is 21.4 Å². The third-order valence-electron chi connectivity index (χ3n) is 5.55. The van der Waals surface area contributed by atoms with Gasteiger partial charge < -0.3 is 17.0 Å². The average Bonchev–Trinajstić information content (AvgIpc) is 2.86. The van der Waals surface area contributed by atoms with Crippen molar-refractivity contribution in [3.63, 3.8) is 0 Å². The molecular formula is C28H23BrOP+. The Morgan fingerprint density at radius 1 is 0.516 bits per heavy atom. The summed E-state index contributed by atoms with van der Waals surface area (Å²) in [6, 6.07) is 42.8. The summed E-state index contributed by atoms with van der Waals surface area (Å²) in [5.41, 5.74) is 2.26. The zero-order chi connectivity index (χ0) is 20.2. The van der Waals surface area contributed by atoms with Crippen molar-refractivity contribution in [2.75, 3.05) is 6.16 Å². The molecule has 0 saturated heterocycles. The maximum absolute atomic E-state index is 6.56. The minimum atomic E-state index is -1.86. The first kappa shape index (κ1) is 21.4. The molecule has 0 unspecified atom stereocenters. The van der Waals surface area contributed by atoms with Crippen LogP contribution in [-0.2, 0) is 0 Å². The molecule has 152 valence electrons. The van der Waals surface area contributed by atoms with Gasteiger partial charge in [-0.2, -0.15) is 0 Å². The number of benzene rings is 4. The molecule has 1 aliphatic rings. The van der Waals surface area contributed by atoms with E-state index in [1.54, 1.807) is 0 Å². The van der Waals surface area contributed by atoms with E-state index >= 15 is 0 Å². The third kappa shape index (κ3) is 4.32. The molecular weight excluding hydrogens is 463 g/mol. The molecule has 0 radical (unpaired) electrons. The van der Waals surface area contributed by atoms with E-state index in [1.807, 2.05) is 6.07 Å². The lowest BCUT2D eigenvalue weighted by atomic mass is 10.1. The van der Waals surface area contributed by atoms with Gasteiger partial charge >= 0.3 is 11.5 Å². The van der Waals surface area contributed by atoms with Crippen LogP contribution in [0.1, 0.15) is 15.6 Å². The van der Waals surface area contributed by atoms with E-state index in [1.165, 1.54) is 10.6 Å². The van der Waals surface area contributed by atoms with Gasteiger partial charge in [-0.15, -0.1) is 0 Å². The Hall–Kier alpha value is -2.80. The highest BCUT2D eigenvalue weighted by atomic mass is 79.9. The van der Waals surface area contributed by atoms with E-state index in [2.05, 4.69) is 121 Å². The van der Waals surface area contributed by atoms with Crippen LogP contribution in [0.3, 0.4) is 0 Å². The number of halogens is 1. The van der Waals surface area contributed by atoms with Crippen LogP contribution in [0.2, 0.25) is 0 Å². The van der Waals surface area contributed by atoms with Gasteiger partial charge in [-0.1, -0.05) is 72.8 Å². The zero-order valence-corrected chi connectivity index (χ0v) is 19.5. The first-order chi connectivity index (χ1) is 14.9. The van der Waals surface area contributed by atoms with Crippen LogP contribution < -0.4 is 27.6 Å². The van der Waals surface area contributed by atoms with E-state index < -0.39 is 7.26 Å². The van der Waals surface area contributed by atoms with Crippen LogP contribution in [0.5, 0.6) is 0 Å². The summed E-state index contributed by atoms with van der Waals surface area (Å²) in [5.74, 6) is 4.40. The van der Waals surface area contributed by atoms with Crippen molar-refractivity contribution in [2.24, 2.45) is 0 Å². The Balaban J connectivity index is 0.00000231. The second kappa shape index (κ2) is 9.56. The fourth-order valence-electron chi connectivity index (χ4n) is 4.04. The molecule has 0 N–H and O–H groups in total. The Kier molecular flexibility index (Phi) is 6.61. The van der Waals surface area contributed by atoms with Gasteiger partial charge in [0, 0.05) is 0 Å². The molecule has 0 atom stereocenters. The summed E-state index contributed by atoms with van der Waals surface area (Å²) >= 11 is 0. The quantitative estimate of drug-likeness (QED) is 0.311. The maximum Gasteiger partial charge on any atom is 0.395 e. The minimum Gasteiger partial charge on any atom is -1.00 e. The van der Waals surface area contributed by atoms with Gasteiger partial charge in [0.25, 0.3) is 0 Å². The minimum absolute atomic E-state index is 0. The Morgan fingerprint density at radius 3 is 1.42 bits per heavy atom. The van der Waals surface area contributed by atoms with E-state index in [0.717, 1.165) is 28.8 Å². The molecule has 1 heterocycles. The number of rotatable bonds is 4. The summed E-state index contributed by atoms with van der Waals surface area (Å²) in [4.78, 5) is 0. The highest BCUT2D eigenvalue weighted by Gasteiger charge is 2.51. The molecule has 0 aromatic heterocycles. The summed E-state index contributed by atoms with van der Waals surface area (Å²) < 4.78 is 6.56. The molecule has 3 heteroatoms. The first-order valence-electron chi connectivity index (χ1n) is 10.2. The molecule has 0 amide bonds. The van der Waals surface area contributed by atoms with Gasteiger partial charge in [-0.3, -0.25) is 0 Å². The van der Waals surface area contributed by atoms with Gasteiger partial charge in [0.1, 0.15) is 17.9 Å². The second-order valence-electron chi connectivity index (χ2n) is 7.45. The molecule has 4 aromatic carbocycles. The second-order valence-corrected chi connectivity index (χ2v) is 10.8. The van der Waals surface area contributed by atoms with E-state index in [9.17, 15) is 0 Å². The predicted molar refractivity (Wildman–Crippen MR) is 129 cm³/mol. The van der Waals surface area contributed by atoms with Crippen LogP contribution in [-0.4, -0.2) is 11.9 Å². The molecule has 0 bridgehead atoms. The monoisotopic (exact) mass is 485 g/mol. The van der Waals surface area contributed by atoms with Crippen molar-refractivity contribution in [1.82, 2.24) is 0 Å². The number of hydrogen-bond donors (Lipinski definition) is 0. The Labute approximate surface area is 194 Å². The number of ketones is 1. The molecule has 31 heavy (non-hydrogen) atoms. The third-order valence-corrected chi connectivity index (χ3v) is 9.45. The molecule has 0 saturated carbocycles. The fourth-order valence-corrected chi connectivity index (χ4v) is 7.81. The fraction of sp³-hybridized carbons (Fsp3) is 0.0357.